The molecule has 1 amide bonds. The second-order valence-corrected chi connectivity index (χ2v) is 9.29. The predicted octanol–water partition coefficient (Wildman–Crippen LogP) is 7.42. The summed E-state index contributed by atoms with van der Waals surface area (Å²) in [5.74, 6) is -0.143. The third-order valence-electron chi connectivity index (χ3n) is 6.37. The highest BCUT2D eigenvalue weighted by molar-refractivity contribution is 6.30. The van der Waals surface area contributed by atoms with Crippen LogP contribution in [0.5, 0.6) is 0 Å². The topological polar surface area (TPSA) is 32.3 Å². The van der Waals surface area contributed by atoms with Gasteiger partial charge in [0.15, 0.2) is 0 Å². The van der Waals surface area contributed by atoms with Crippen LogP contribution < -0.4 is 5.32 Å². The van der Waals surface area contributed by atoms with Crippen LogP contribution in [0.2, 0.25) is 5.02 Å². The van der Waals surface area contributed by atoms with Gasteiger partial charge in [0.25, 0.3) is 0 Å². The Morgan fingerprint density at radius 2 is 1.52 bits per heavy atom. The number of hydrogen-bond donors (Lipinski definition) is 1. The molecule has 1 saturated carbocycles. The number of carbonyl (C=O) groups is 1. The second kappa shape index (κ2) is 11.3. The summed E-state index contributed by atoms with van der Waals surface area (Å²) in [5, 5.41) is 3.64. The second-order valence-electron chi connectivity index (χ2n) is 8.86. The van der Waals surface area contributed by atoms with Crippen molar-refractivity contribution in [2.24, 2.45) is 0 Å². The molecule has 4 rings (SSSR count). The van der Waals surface area contributed by atoms with Crippen molar-refractivity contribution in [1.82, 2.24) is 4.90 Å². The van der Waals surface area contributed by atoms with Crippen LogP contribution in [0.3, 0.4) is 0 Å². The fourth-order valence-corrected chi connectivity index (χ4v) is 4.54. The minimum absolute atomic E-state index is 0.143. The first kappa shape index (κ1) is 23.3. The van der Waals surface area contributed by atoms with Gasteiger partial charge in [-0.05, 0) is 72.5 Å². The molecule has 0 saturated heterocycles. The lowest BCUT2D eigenvalue weighted by molar-refractivity contribution is -0.111. The van der Waals surface area contributed by atoms with Crippen molar-refractivity contribution in [2.75, 3.05) is 12.4 Å². The molecule has 1 aliphatic carbocycles. The summed E-state index contributed by atoms with van der Waals surface area (Å²) >= 11 is 5.96. The summed E-state index contributed by atoms with van der Waals surface area (Å²) in [7, 11) is 2.23. The fraction of sp³-hybridized carbons (Fsp3) is 0.276. The third kappa shape index (κ3) is 6.80. The normalized spacial score (nSPS) is 14.6. The number of benzene rings is 3. The molecule has 1 fully saturated rings. The summed E-state index contributed by atoms with van der Waals surface area (Å²) in [4.78, 5) is 14.8. The summed E-state index contributed by atoms with van der Waals surface area (Å²) in [6, 6.07) is 24.7. The molecule has 4 heteroatoms. The van der Waals surface area contributed by atoms with E-state index in [4.69, 9.17) is 11.6 Å². The molecule has 0 radical (unpaired) electrons. The van der Waals surface area contributed by atoms with E-state index in [1.807, 2.05) is 54.6 Å². The molecule has 33 heavy (non-hydrogen) atoms. The van der Waals surface area contributed by atoms with E-state index < -0.39 is 0 Å². The lowest BCUT2D eigenvalue weighted by Crippen LogP contribution is -2.32. The maximum absolute atomic E-state index is 12.3. The molecule has 170 valence electrons. The summed E-state index contributed by atoms with van der Waals surface area (Å²) < 4.78 is 0. The fourth-order valence-electron chi connectivity index (χ4n) is 4.42. The standard InChI is InChI=1S/C29H31ClN2O/c1-32(28-5-3-2-4-6-28)21-23-9-7-22(8-10-23)11-20-29(33)31-27-18-14-25(15-19-27)24-12-16-26(30)17-13-24/h7-20,28H,2-6,21H2,1H3,(H,31,33)/b20-11+. The lowest BCUT2D eigenvalue weighted by Gasteiger charge is -2.31. The Hall–Kier alpha value is -2.88. The van der Waals surface area contributed by atoms with Crippen LogP contribution in [0.4, 0.5) is 5.69 Å². The van der Waals surface area contributed by atoms with Crippen LogP contribution in [-0.2, 0) is 11.3 Å². The number of hydrogen-bond acceptors (Lipinski definition) is 2. The molecule has 0 bridgehead atoms. The SMILES string of the molecule is CN(Cc1ccc(/C=C/C(=O)Nc2ccc(-c3ccc(Cl)cc3)cc2)cc1)C1CCCCC1. The molecule has 0 atom stereocenters. The molecule has 0 unspecified atom stereocenters. The number of rotatable bonds is 7. The molecule has 0 heterocycles. The smallest absolute Gasteiger partial charge is 0.248 e. The number of nitrogens with zero attached hydrogens (tertiary/aromatic N) is 1. The van der Waals surface area contributed by atoms with Crippen molar-refractivity contribution < 1.29 is 4.79 Å². The van der Waals surface area contributed by atoms with Crippen molar-refractivity contribution in [3.63, 3.8) is 0 Å². The molecule has 1 N–H and O–H groups in total. The molecule has 0 spiro atoms. The molecule has 0 aliphatic heterocycles. The predicted molar refractivity (Wildman–Crippen MR) is 139 cm³/mol. The Morgan fingerprint density at radius 3 is 2.15 bits per heavy atom. The van der Waals surface area contributed by atoms with Gasteiger partial charge < -0.3 is 5.32 Å². The van der Waals surface area contributed by atoms with E-state index in [0.717, 1.165) is 33.9 Å². The molecule has 3 nitrogen and oxygen atoms in total. The van der Waals surface area contributed by atoms with Crippen molar-refractivity contribution in [1.29, 1.82) is 0 Å². The highest BCUT2D eigenvalue weighted by Gasteiger charge is 2.17. The Bertz CT molecular complexity index is 1070. The van der Waals surface area contributed by atoms with Crippen LogP contribution in [0.25, 0.3) is 17.2 Å². The van der Waals surface area contributed by atoms with Crippen molar-refractivity contribution in [3.8, 4) is 11.1 Å². The molecule has 3 aromatic rings. The first-order valence-electron chi connectivity index (χ1n) is 11.7. The number of halogens is 1. The molecule has 1 aliphatic rings. The van der Waals surface area contributed by atoms with Gasteiger partial charge in [-0.1, -0.05) is 79.4 Å². The zero-order valence-corrected chi connectivity index (χ0v) is 19.9. The Labute approximate surface area is 202 Å². The Morgan fingerprint density at radius 1 is 0.909 bits per heavy atom. The van der Waals surface area contributed by atoms with E-state index in [9.17, 15) is 4.79 Å². The van der Waals surface area contributed by atoms with E-state index in [0.29, 0.717) is 6.04 Å². The summed E-state index contributed by atoms with van der Waals surface area (Å²) in [5.41, 5.74) is 5.27. The number of anilines is 1. The summed E-state index contributed by atoms with van der Waals surface area (Å²) in [6.45, 7) is 0.973. The number of amides is 1. The number of nitrogens with one attached hydrogen (secondary N) is 1. The number of carbonyl (C=O) groups excluding carboxylic acids is 1. The van der Waals surface area contributed by atoms with Crippen LogP contribution in [0.15, 0.2) is 78.9 Å². The largest absolute Gasteiger partial charge is 0.323 e. The van der Waals surface area contributed by atoms with Crippen LogP contribution in [0.1, 0.15) is 43.2 Å². The summed E-state index contributed by atoms with van der Waals surface area (Å²) in [6.07, 6.45) is 10.2. The maximum atomic E-state index is 12.3. The van der Waals surface area contributed by atoms with Crippen molar-refractivity contribution in [3.05, 3.63) is 95.0 Å². The van der Waals surface area contributed by atoms with E-state index in [1.165, 1.54) is 37.7 Å². The van der Waals surface area contributed by atoms with Gasteiger partial charge in [0.2, 0.25) is 5.91 Å². The molecular formula is C29H31ClN2O. The first-order valence-corrected chi connectivity index (χ1v) is 12.1. The zero-order chi connectivity index (χ0) is 23.0. The van der Waals surface area contributed by atoms with Gasteiger partial charge in [-0.3, -0.25) is 9.69 Å². The van der Waals surface area contributed by atoms with Crippen LogP contribution >= 0.6 is 11.6 Å². The minimum Gasteiger partial charge on any atom is -0.323 e. The van der Waals surface area contributed by atoms with Gasteiger partial charge in [-0.25, -0.2) is 0 Å². The molecule has 0 aromatic heterocycles. The van der Waals surface area contributed by atoms with E-state index in [1.54, 1.807) is 6.08 Å². The zero-order valence-electron chi connectivity index (χ0n) is 19.1. The van der Waals surface area contributed by atoms with Gasteiger partial charge in [-0.15, -0.1) is 0 Å². The van der Waals surface area contributed by atoms with Crippen LogP contribution in [0, 0.1) is 0 Å². The third-order valence-corrected chi connectivity index (χ3v) is 6.62. The van der Waals surface area contributed by atoms with Gasteiger partial charge in [0.05, 0.1) is 0 Å². The quantitative estimate of drug-likeness (QED) is 0.373. The highest BCUT2D eigenvalue weighted by Crippen LogP contribution is 2.24. The highest BCUT2D eigenvalue weighted by atomic mass is 35.5. The lowest BCUT2D eigenvalue weighted by atomic mass is 9.94. The van der Waals surface area contributed by atoms with E-state index in [-0.39, 0.29) is 5.91 Å². The molecule has 3 aromatic carbocycles. The molecular weight excluding hydrogens is 428 g/mol. The maximum Gasteiger partial charge on any atom is 0.248 e. The minimum atomic E-state index is -0.143. The Balaban J connectivity index is 1.28. The van der Waals surface area contributed by atoms with E-state index in [2.05, 4.69) is 41.5 Å². The average molecular weight is 459 g/mol. The first-order chi connectivity index (χ1) is 16.1. The van der Waals surface area contributed by atoms with Crippen LogP contribution in [-0.4, -0.2) is 23.9 Å². The van der Waals surface area contributed by atoms with Crippen molar-refractivity contribution in [2.45, 2.75) is 44.7 Å². The van der Waals surface area contributed by atoms with Gasteiger partial charge in [0, 0.05) is 29.4 Å². The van der Waals surface area contributed by atoms with E-state index >= 15 is 0 Å². The average Bonchev–Trinajstić information content (AvgIpc) is 2.85. The van der Waals surface area contributed by atoms with Gasteiger partial charge in [0.1, 0.15) is 0 Å². The van der Waals surface area contributed by atoms with Gasteiger partial charge >= 0.3 is 0 Å². The van der Waals surface area contributed by atoms with Gasteiger partial charge in [-0.2, -0.15) is 0 Å². The Kier molecular flexibility index (Phi) is 7.98. The monoisotopic (exact) mass is 458 g/mol. The van der Waals surface area contributed by atoms with Crippen molar-refractivity contribution >= 4 is 29.3 Å².